The van der Waals surface area contributed by atoms with Crippen molar-refractivity contribution in [2.45, 2.75) is 38.7 Å². The predicted octanol–water partition coefficient (Wildman–Crippen LogP) is 6.52. The number of aryl methyl sites for hydroxylation is 1. The van der Waals surface area contributed by atoms with E-state index in [2.05, 4.69) is 4.98 Å². The van der Waals surface area contributed by atoms with Gasteiger partial charge in [-0.05, 0) is 31.0 Å². The fourth-order valence-corrected chi connectivity index (χ4v) is 4.34. The normalized spacial score (nSPS) is 13.6. The van der Waals surface area contributed by atoms with Gasteiger partial charge in [0.25, 0.3) is 0 Å². The van der Waals surface area contributed by atoms with Gasteiger partial charge in [-0.15, -0.1) is 11.3 Å². The van der Waals surface area contributed by atoms with E-state index in [0.717, 1.165) is 17.0 Å². The van der Waals surface area contributed by atoms with Crippen molar-refractivity contribution in [2.75, 3.05) is 7.11 Å². The Morgan fingerprint density at radius 3 is 2.29 bits per heavy atom. The number of nitrogens with zero attached hydrogens (tertiary/aromatic N) is 1. The summed E-state index contributed by atoms with van der Waals surface area (Å²) in [6, 6.07) is 13.9. The van der Waals surface area contributed by atoms with Crippen LogP contribution in [-0.2, 0) is 20.4 Å². The molecule has 8 heteroatoms. The Bertz CT molecular complexity index is 1020. The summed E-state index contributed by atoms with van der Waals surface area (Å²) < 4.78 is 49.5. The van der Waals surface area contributed by atoms with Crippen molar-refractivity contribution < 1.29 is 27.4 Å². The molecule has 4 nitrogen and oxygen atoms in total. The molecule has 0 saturated heterocycles. The van der Waals surface area contributed by atoms with E-state index in [1.54, 1.807) is 19.1 Å². The number of halogens is 3. The van der Waals surface area contributed by atoms with Crippen molar-refractivity contribution >= 4 is 17.3 Å². The third-order valence-corrected chi connectivity index (χ3v) is 6.06. The highest BCUT2D eigenvalue weighted by atomic mass is 32.1. The lowest BCUT2D eigenvalue weighted by atomic mass is 10.1. The minimum Gasteiger partial charge on any atom is -0.454 e. The van der Waals surface area contributed by atoms with Crippen molar-refractivity contribution in [1.29, 1.82) is 0 Å². The smallest absolute Gasteiger partial charge is 0.416 e. The first-order valence-corrected chi connectivity index (χ1v) is 10.5. The first kappa shape index (κ1) is 23.0. The largest absolute Gasteiger partial charge is 0.454 e. The number of hydrogen-bond donors (Lipinski definition) is 0. The van der Waals surface area contributed by atoms with Crippen molar-refractivity contribution in [3.8, 4) is 10.6 Å². The maximum atomic E-state index is 12.8. The van der Waals surface area contributed by atoms with E-state index in [-0.39, 0.29) is 0 Å². The first-order chi connectivity index (χ1) is 14.7. The molecule has 0 unspecified atom stereocenters. The Hall–Kier alpha value is -2.71. The van der Waals surface area contributed by atoms with Crippen molar-refractivity contribution in [1.82, 2.24) is 4.98 Å². The van der Waals surface area contributed by atoms with E-state index in [0.29, 0.717) is 28.2 Å². The molecule has 1 heterocycles. The molecule has 2 atom stereocenters. The van der Waals surface area contributed by atoms with E-state index in [1.807, 2.05) is 25.1 Å². The Kier molecular flexibility index (Phi) is 7.12. The van der Waals surface area contributed by atoms with Crippen LogP contribution in [0.15, 0.2) is 54.6 Å². The van der Waals surface area contributed by atoms with Crippen LogP contribution in [0.2, 0.25) is 0 Å². The number of aromatic nitrogens is 1. The summed E-state index contributed by atoms with van der Waals surface area (Å²) in [5.74, 6) is -0.510. The molecule has 0 spiro atoms. The summed E-state index contributed by atoms with van der Waals surface area (Å²) >= 11 is 1.31. The van der Waals surface area contributed by atoms with Crippen molar-refractivity contribution in [2.24, 2.45) is 0 Å². The van der Waals surface area contributed by atoms with Crippen LogP contribution in [0.3, 0.4) is 0 Å². The number of benzene rings is 2. The second kappa shape index (κ2) is 9.62. The van der Waals surface area contributed by atoms with Gasteiger partial charge in [0, 0.05) is 12.7 Å². The lowest BCUT2D eigenvalue weighted by molar-refractivity contribution is -0.162. The molecular weight excluding hydrogens is 427 g/mol. The molecule has 0 fully saturated rings. The highest BCUT2D eigenvalue weighted by molar-refractivity contribution is 7.15. The highest BCUT2D eigenvalue weighted by Gasteiger charge is 2.30. The molecule has 2 aromatic carbocycles. The third-order valence-electron chi connectivity index (χ3n) is 4.77. The number of rotatable bonds is 7. The monoisotopic (exact) mass is 449 g/mol. The van der Waals surface area contributed by atoms with Crippen LogP contribution in [0.1, 0.15) is 47.3 Å². The number of esters is 1. The average molecular weight is 449 g/mol. The molecule has 0 aliphatic carbocycles. The zero-order chi connectivity index (χ0) is 22.6. The van der Waals surface area contributed by atoms with Crippen molar-refractivity contribution in [3.05, 3.63) is 76.3 Å². The number of alkyl halides is 3. The Labute approximate surface area is 182 Å². The summed E-state index contributed by atoms with van der Waals surface area (Å²) in [5, 5.41) is 0.571. The molecule has 0 aliphatic heterocycles. The van der Waals surface area contributed by atoms with E-state index in [4.69, 9.17) is 9.47 Å². The summed E-state index contributed by atoms with van der Waals surface area (Å²) in [6.45, 7) is 3.68. The summed E-state index contributed by atoms with van der Waals surface area (Å²) in [5.41, 5.74) is 1.23. The number of hydrogen-bond acceptors (Lipinski definition) is 5. The van der Waals surface area contributed by atoms with Gasteiger partial charge in [0.05, 0.1) is 16.1 Å². The molecule has 0 amide bonds. The lowest BCUT2D eigenvalue weighted by Gasteiger charge is -2.20. The summed E-state index contributed by atoms with van der Waals surface area (Å²) in [4.78, 5) is 18.0. The van der Waals surface area contributed by atoms with Gasteiger partial charge in [0.1, 0.15) is 11.1 Å². The van der Waals surface area contributed by atoms with Gasteiger partial charge in [0.15, 0.2) is 6.10 Å². The fourth-order valence-electron chi connectivity index (χ4n) is 3.15. The van der Waals surface area contributed by atoms with Gasteiger partial charge in [-0.2, -0.15) is 13.2 Å². The van der Waals surface area contributed by atoms with E-state index < -0.39 is 29.9 Å². The van der Waals surface area contributed by atoms with Gasteiger partial charge in [-0.1, -0.05) is 49.4 Å². The average Bonchev–Trinajstić information content (AvgIpc) is 3.14. The molecule has 0 saturated carbocycles. The van der Waals surface area contributed by atoms with E-state index in [9.17, 15) is 18.0 Å². The quantitative estimate of drug-likeness (QED) is 0.385. The molecular formula is C23H22F3NO3S. The van der Waals surface area contributed by atoms with Crippen molar-refractivity contribution in [3.63, 3.8) is 0 Å². The van der Waals surface area contributed by atoms with Crippen LogP contribution < -0.4 is 0 Å². The zero-order valence-electron chi connectivity index (χ0n) is 17.3. The molecule has 0 aliphatic rings. The van der Waals surface area contributed by atoms with E-state index in [1.165, 1.54) is 30.6 Å². The predicted molar refractivity (Wildman–Crippen MR) is 113 cm³/mol. The van der Waals surface area contributed by atoms with Crippen LogP contribution in [-0.4, -0.2) is 18.1 Å². The van der Waals surface area contributed by atoms with Crippen LogP contribution in [0.4, 0.5) is 13.2 Å². The van der Waals surface area contributed by atoms with Crippen LogP contribution >= 0.6 is 11.3 Å². The molecule has 0 N–H and O–H groups in total. The Morgan fingerprint density at radius 2 is 1.74 bits per heavy atom. The minimum atomic E-state index is -4.39. The second-order valence-corrected chi connectivity index (χ2v) is 7.93. The molecule has 1 aromatic heterocycles. The topological polar surface area (TPSA) is 48.4 Å². The molecule has 3 rings (SSSR count). The number of carbonyl (C=O) groups is 1. The third kappa shape index (κ3) is 5.32. The Morgan fingerprint density at radius 1 is 1.10 bits per heavy atom. The first-order valence-electron chi connectivity index (χ1n) is 9.67. The molecule has 0 radical (unpaired) electrons. The summed E-state index contributed by atoms with van der Waals surface area (Å²) in [7, 11) is 1.44. The molecule has 164 valence electrons. The van der Waals surface area contributed by atoms with Gasteiger partial charge in [0.2, 0.25) is 0 Å². The van der Waals surface area contributed by atoms with Crippen LogP contribution in [0.25, 0.3) is 10.6 Å². The molecule has 0 bridgehead atoms. The number of thiazole rings is 1. The van der Waals surface area contributed by atoms with Crippen LogP contribution in [0, 0.1) is 6.92 Å². The Balaban J connectivity index is 1.81. The molecule has 3 aromatic rings. The minimum absolute atomic E-state index is 0.510. The number of methoxy groups -OCH3 is 1. The van der Waals surface area contributed by atoms with Gasteiger partial charge in [-0.3, -0.25) is 0 Å². The second-order valence-electron chi connectivity index (χ2n) is 6.90. The van der Waals surface area contributed by atoms with Gasteiger partial charge in [-0.25, -0.2) is 9.78 Å². The zero-order valence-corrected chi connectivity index (χ0v) is 18.1. The van der Waals surface area contributed by atoms with Gasteiger partial charge < -0.3 is 9.47 Å². The summed E-state index contributed by atoms with van der Waals surface area (Å²) in [6.07, 6.45) is -5.25. The SMILES string of the molecule is CC[C@H](OC(=O)[C@@H](OC)c1ccccc1)c1sc(-c2ccc(C(F)(F)F)cc2)nc1C. The fraction of sp³-hybridized carbons (Fsp3) is 0.304. The maximum absolute atomic E-state index is 12.8. The van der Waals surface area contributed by atoms with E-state index >= 15 is 0 Å². The van der Waals surface area contributed by atoms with Gasteiger partial charge >= 0.3 is 12.1 Å². The molecule has 31 heavy (non-hydrogen) atoms. The lowest BCUT2D eigenvalue weighted by Crippen LogP contribution is -2.20. The number of carbonyl (C=O) groups excluding carboxylic acids is 1. The van der Waals surface area contributed by atoms with Crippen LogP contribution in [0.5, 0.6) is 0 Å². The standard InChI is InChI=1S/C23H22F3NO3S/c1-4-18(30-22(28)19(29-3)15-8-6-5-7-9-15)20-14(2)27-21(31-20)16-10-12-17(13-11-16)23(24,25)26/h5-13,18-19H,4H2,1-3H3/t18-,19-/m0/s1. The maximum Gasteiger partial charge on any atom is 0.416 e. The highest BCUT2D eigenvalue weighted by Crippen LogP contribution is 2.37. The number of ether oxygens (including phenoxy) is 2.